The molecule has 0 spiro atoms. The van der Waals surface area contributed by atoms with Crippen LogP contribution in [-0.4, -0.2) is 10.7 Å². The first-order chi connectivity index (χ1) is 9.25. The van der Waals surface area contributed by atoms with E-state index in [1.54, 1.807) is 0 Å². The van der Waals surface area contributed by atoms with E-state index in [2.05, 4.69) is 45.5 Å². The predicted octanol–water partition coefficient (Wildman–Crippen LogP) is 3.74. The van der Waals surface area contributed by atoms with E-state index in [-0.39, 0.29) is 17.9 Å². The molecule has 0 heterocycles. The molecule has 0 aliphatic heterocycles. The van der Waals surface area contributed by atoms with Gasteiger partial charge in [0.1, 0.15) is 0 Å². The van der Waals surface area contributed by atoms with Gasteiger partial charge in [-0.05, 0) is 30.4 Å². The maximum absolute atomic E-state index is 12.4. The molecule has 2 unspecified atom stereocenters. The summed E-state index contributed by atoms with van der Waals surface area (Å²) in [6, 6.07) is 8.58. The zero-order valence-electron chi connectivity index (χ0n) is 11.1. The molecule has 1 saturated carbocycles. The zero-order chi connectivity index (χ0) is 13.2. The van der Waals surface area contributed by atoms with Gasteiger partial charge in [-0.2, -0.15) is 0 Å². The Hall–Kier alpha value is -0.830. The Morgan fingerprint density at radius 3 is 2.68 bits per heavy atom. The van der Waals surface area contributed by atoms with Crippen molar-refractivity contribution in [1.29, 1.82) is 0 Å². The summed E-state index contributed by atoms with van der Waals surface area (Å²) in [6.07, 6.45) is 6.83. The number of alkyl halides is 1. The van der Waals surface area contributed by atoms with Gasteiger partial charge in [0, 0.05) is 10.7 Å². The number of fused-ring (bicyclic) bond motifs is 1. The van der Waals surface area contributed by atoms with Gasteiger partial charge in [0.2, 0.25) is 5.91 Å². The molecule has 3 rings (SSSR count). The van der Waals surface area contributed by atoms with Crippen LogP contribution in [0.15, 0.2) is 24.3 Å². The second kappa shape index (κ2) is 5.66. The second-order valence-electron chi connectivity index (χ2n) is 5.74. The van der Waals surface area contributed by atoms with Crippen molar-refractivity contribution in [3.8, 4) is 0 Å². The zero-order valence-corrected chi connectivity index (χ0v) is 12.7. The van der Waals surface area contributed by atoms with E-state index >= 15 is 0 Å². The molecule has 1 aromatic carbocycles. The molecule has 2 atom stereocenters. The van der Waals surface area contributed by atoms with Crippen LogP contribution in [0.4, 0.5) is 0 Å². The molecule has 0 saturated heterocycles. The largest absolute Gasteiger partial charge is 0.348 e. The monoisotopic (exact) mass is 321 g/mol. The summed E-state index contributed by atoms with van der Waals surface area (Å²) >= 11 is 3.72. The van der Waals surface area contributed by atoms with Crippen LogP contribution in [0.3, 0.4) is 0 Å². The van der Waals surface area contributed by atoms with Crippen LogP contribution in [0.2, 0.25) is 0 Å². The Morgan fingerprint density at radius 2 is 1.89 bits per heavy atom. The van der Waals surface area contributed by atoms with Crippen LogP contribution in [-0.2, 0) is 11.2 Å². The van der Waals surface area contributed by atoms with E-state index < -0.39 is 0 Å². The van der Waals surface area contributed by atoms with Crippen molar-refractivity contribution < 1.29 is 4.79 Å². The van der Waals surface area contributed by atoms with Crippen molar-refractivity contribution in [3.05, 3.63) is 35.4 Å². The lowest BCUT2D eigenvalue weighted by molar-refractivity contribution is -0.126. The number of nitrogens with one attached hydrogen (secondary N) is 1. The highest BCUT2D eigenvalue weighted by Gasteiger charge is 2.33. The molecule has 1 N–H and O–H groups in total. The quantitative estimate of drug-likeness (QED) is 0.826. The van der Waals surface area contributed by atoms with E-state index in [0.29, 0.717) is 4.83 Å². The first-order valence-electron chi connectivity index (χ1n) is 7.28. The van der Waals surface area contributed by atoms with Crippen molar-refractivity contribution >= 4 is 21.8 Å². The topological polar surface area (TPSA) is 29.1 Å². The lowest BCUT2D eigenvalue weighted by atomic mass is 9.88. The van der Waals surface area contributed by atoms with Crippen LogP contribution in [0.25, 0.3) is 0 Å². The fraction of sp³-hybridized carbons (Fsp3) is 0.562. The second-order valence-corrected chi connectivity index (χ2v) is 6.92. The van der Waals surface area contributed by atoms with Crippen LogP contribution in [0, 0.1) is 5.92 Å². The summed E-state index contributed by atoms with van der Waals surface area (Å²) in [4.78, 5) is 12.7. The third-order valence-corrected chi connectivity index (χ3v) is 5.29. The predicted molar refractivity (Wildman–Crippen MR) is 80.3 cm³/mol. The molecule has 0 bridgehead atoms. The first kappa shape index (κ1) is 13.2. The number of hydrogen-bond donors (Lipinski definition) is 1. The minimum absolute atomic E-state index is 0.144. The van der Waals surface area contributed by atoms with Gasteiger partial charge >= 0.3 is 0 Å². The summed E-state index contributed by atoms with van der Waals surface area (Å²) in [7, 11) is 0. The Kier molecular flexibility index (Phi) is 3.92. The van der Waals surface area contributed by atoms with E-state index in [1.165, 1.54) is 30.4 Å². The third-order valence-electron chi connectivity index (χ3n) is 4.44. The van der Waals surface area contributed by atoms with Gasteiger partial charge in [-0.25, -0.2) is 0 Å². The Bertz CT molecular complexity index is 468. The van der Waals surface area contributed by atoms with Crippen molar-refractivity contribution in [1.82, 2.24) is 5.32 Å². The standard InChI is InChI=1S/C16H20BrNO/c17-14-10-12-8-4-5-9-13(12)15(14)18-16(19)11-6-2-1-3-7-11/h4-5,8-9,11,14-15H,1-3,6-7,10H2,(H,18,19). The van der Waals surface area contributed by atoms with Crippen molar-refractivity contribution in [3.63, 3.8) is 0 Å². The van der Waals surface area contributed by atoms with E-state index in [4.69, 9.17) is 0 Å². The Labute approximate surface area is 123 Å². The van der Waals surface area contributed by atoms with Gasteiger partial charge in [-0.15, -0.1) is 0 Å². The minimum atomic E-state index is 0.144. The van der Waals surface area contributed by atoms with E-state index in [9.17, 15) is 4.79 Å². The highest BCUT2D eigenvalue weighted by atomic mass is 79.9. The molecule has 0 radical (unpaired) electrons. The maximum Gasteiger partial charge on any atom is 0.223 e. The number of rotatable bonds is 2. The number of carbonyl (C=O) groups is 1. The van der Waals surface area contributed by atoms with Gasteiger partial charge in [0.25, 0.3) is 0 Å². The van der Waals surface area contributed by atoms with Gasteiger partial charge in [0.05, 0.1) is 6.04 Å². The average Bonchev–Trinajstić information content (AvgIpc) is 2.76. The molecule has 3 heteroatoms. The van der Waals surface area contributed by atoms with Crippen LogP contribution < -0.4 is 5.32 Å². The number of hydrogen-bond acceptors (Lipinski definition) is 1. The lowest BCUT2D eigenvalue weighted by Crippen LogP contribution is -2.37. The minimum Gasteiger partial charge on any atom is -0.348 e. The van der Waals surface area contributed by atoms with Crippen molar-refractivity contribution in [2.45, 2.75) is 49.4 Å². The first-order valence-corrected chi connectivity index (χ1v) is 8.19. The molecule has 19 heavy (non-hydrogen) atoms. The fourth-order valence-electron chi connectivity index (χ4n) is 3.35. The normalized spacial score (nSPS) is 27.0. The smallest absolute Gasteiger partial charge is 0.223 e. The number of benzene rings is 1. The van der Waals surface area contributed by atoms with Gasteiger partial charge in [0.15, 0.2) is 0 Å². The Morgan fingerprint density at radius 1 is 1.16 bits per heavy atom. The van der Waals surface area contributed by atoms with Crippen molar-refractivity contribution in [2.24, 2.45) is 5.92 Å². The Balaban J connectivity index is 1.71. The third kappa shape index (κ3) is 2.71. The summed E-state index contributed by atoms with van der Waals surface area (Å²) in [5.41, 5.74) is 2.65. The molecule has 2 aliphatic carbocycles. The molecule has 0 aromatic heterocycles. The molecule has 2 nitrogen and oxygen atoms in total. The molecule has 1 amide bonds. The van der Waals surface area contributed by atoms with Gasteiger partial charge < -0.3 is 5.32 Å². The molecular formula is C16H20BrNO. The molecule has 102 valence electrons. The SMILES string of the molecule is O=C(NC1c2ccccc2CC1Br)C1CCCCC1. The molecular weight excluding hydrogens is 302 g/mol. The highest BCUT2D eigenvalue weighted by molar-refractivity contribution is 9.09. The van der Waals surface area contributed by atoms with Crippen LogP contribution in [0.1, 0.15) is 49.3 Å². The number of carbonyl (C=O) groups excluding carboxylic acids is 1. The van der Waals surface area contributed by atoms with Gasteiger partial charge in [-0.1, -0.05) is 59.5 Å². The van der Waals surface area contributed by atoms with Crippen LogP contribution in [0.5, 0.6) is 0 Å². The average molecular weight is 322 g/mol. The summed E-state index contributed by atoms with van der Waals surface area (Å²) < 4.78 is 0. The molecule has 2 aliphatic rings. The summed E-state index contributed by atoms with van der Waals surface area (Å²) in [5.74, 6) is 0.493. The lowest BCUT2D eigenvalue weighted by Gasteiger charge is -2.24. The van der Waals surface area contributed by atoms with Crippen LogP contribution >= 0.6 is 15.9 Å². The molecule has 1 aromatic rings. The number of halogens is 1. The molecule has 1 fully saturated rings. The summed E-state index contributed by atoms with van der Waals surface area (Å²) in [6.45, 7) is 0. The number of amides is 1. The van der Waals surface area contributed by atoms with Crippen molar-refractivity contribution in [2.75, 3.05) is 0 Å². The summed E-state index contributed by atoms with van der Waals surface area (Å²) in [5, 5.41) is 3.27. The van der Waals surface area contributed by atoms with E-state index in [1.807, 2.05) is 0 Å². The van der Waals surface area contributed by atoms with E-state index in [0.717, 1.165) is 19.3 Å². The van der Waals surface area contributed by atoms with Gasteiger partial charge in [-0.3, -0.25) is 4.79 Å². The maximum atomic E-state index is 12.4. The highest BCUT2D eigenvalue weighted by Crippen LogP contribution is 2.36. The fourth-order valence-corrected chi connectivity index (χ4v) is 4.12.